The lowest BCUT2D eigenvalue weighted by Crippen LogP contribution is -2.53. The Morgan fingerprint density at radius 1 is 1.00 bits per heavy atom. The molecule has 2 unspecified atom stereocenters. The average molecular weight is 486 g/mol. The number of aromatic nitrogens is 1. The predicted octanol–water partition coefficient (Wildman–Crippen LogP) is 5.81. The molecule has 182 valence electrons. The van der Waals surface area contributed by atoms with E-state index < -0.39 is 29.4 Å². The lowest BCUT2D eigenvalue weighted by atomic mass is 9.85. The van der Waals surface area contributed by atoms with Crippen molar-refractivity contribution >= 4 is 5.69 Å². The summed E-state index contributed by atoms with van der Waals surface area (Å²) in [7, 11) is 0. The molecule has 0 amide bonds. The van der Waals surface area contributed by atoms with Crippen molar-refractivity contribution in [3.05, 3.63) is 65.0 Å². The van der Waals surface area contributed by atoms with Gasteiger partial charge >= 0.3 is 12.4 Å². The van der Waals surface area contributed by atoms with Crippen molar-refractivity contribution in [3.8, 4) is 17.2 Å². The summed E-state index contributed by atoms with van der Waals surface area (Å²) in [5.41, 5.74) is -4.62. The topological polar surface area (TPSA) is 78.5 Å². The second-order valence-corrected chi connectivity index (χ2v) is 8.32. The fourth-order valence-electron chi connectivity index (χ4n) is 4.17. The zero-order chi connectivity index (χ0) is 25.1. The van der Waals surface area contributed by atoms with E-state index in [1.807, 2.05) is 0 Å². The summed E-state index contributed by atoms with van der Waals surface area (Å²) in [6.07, 6.45) is -11.8. The maximum absolute atomic E-state index is 13.4. The van der Waals surface area contributed by atoms with Crippen LogP contribution in [0.4, 0.5) is 32.0 Å². The van der Waals surface area contributed by atoms with Gasteiger partial charge in [0.1, 0.15) is 11.5 Å². The lowest BCUT2D eigenvalue weighted by Gasteiger charge is -2.33. The molecule has 3 N–H and O–H groups in total. The molecule has 3 aromatic rings. The van der Waals surface area contributed by atoms with E-state index in [-0.39, 0.29) is 29.7 Å². The highest BCUT2D eigenvalue weighted by molar-refractivity contribution is 5.62. The third-order valence-electron chi connectivity index (χ3n) is 6.10. The van der Waals surface area contributed by atoms with E-state index in [9.17, 15) is 36.6 Å². The van der Waals surface area contributed by atoms with Gasteiger partial charge in [-0.05, 0) is 55.8 Å². The van der Waals surface area contributed by atoms with E-state index in [0.29, 0.717) is 28.8 Å². The molecule has 2 atom stereocenters. The van der Waals surface area contributed by atoms with Crippen LogP contribution in [0.15, 0.2) is 46.9 Å². The van der Waals surface area contributed by atoms with Crippen LogP contribution in [0, 0.1) is 6.92 Å². The maximum Gasteiger partial charge on any atom is 0.430 e. The first-order valence-corrected chi connectivity index (χ1v) is 10.2. The largest absolute Gasteiger partial charge is 0.508 e. The van der Waals surface area contributed by atoms with Gasteiger partial charge in [0, 0.05) is 35.2 Å². The zero-order valence-corrected chi connectivity index (χ0v) is 17.9. The fraction of sp³-hybridized carbons (Fsp3) is 0.348. The van der Waals surface area contributed by atoms with Gasteiger partial charge in [0.2, 0.25) is 5.89 Å². The molecule has 2 heterocycles. The van der Waals surface area contributed by atoms with Crippen molar-refractivity contribution in [1.82, 2.24) is 4.98 Å². The van der Waals surface area contributed by atoms with Crippen LogP contribution in [-0.4, -0.2) is 33.6 Å². The molecule has 0 saturated carbocycles. The number of hydrogen-bond acceptors (Lipinski definition) is 5. The number of nitrogens with one attached hydrogen (secondary N) is 1. The molecule has 0 radical (unpaired) electrons. The van der Waals surface area contributed by atoms with Crippen molar-refractivity contribution < 1.29 is 41.0 Å². The third-order valence-corrected chi connectivity index (χ3v) is 6.10. The summed E-state index contributed by atoms with van der Waals surface area (Å²) >= 11 is 0. The zero-order valence-electron chi connectivity index (χ0n) is 17.9. The van der Waals surface area contributed by atoms with E-state index in [1.54, 1.807) is 26.0 Å². The minimum absolute atomic E-state index is 0.0585. The fourth-order valence-corrected chi connectivity index (χ4v) is 4.17. The van der Waals surface area contributed by atoms with Gasteiger partial charge in [-0.15, -0.1) is 0 Å². The molecule has 1 aromatic heterocycles. The van der Waals surface area contributed by atoms with Gasteiger partial charge in [0.25, 0.3) is 5.60 Å². The number of anilines is 1. The second-order valence-electron chi connectivity index (χ2n) is 8.32. The summed E-state index contributed by atoms with van der Waals surface area (Å²) in [4.78, 5) is 4.44. The summed E-state index contributed by atoms with van der Waals surface area (Å²) in [6.45, 7) is 3.41. The number of aliphatic hydroxyl groups is 1. The number of halogens is 6. The van der Waals surface area contributed by atoms with Gasteiger partial charge in [0.15, 0.2) is 0 Å². The normalized spacial score (nSPS) is 18.6. The van der Waals surface area contributed by atoms with E-state index in [2.05, 4.69) is 10.3 Å². The summed E-state index contributed by atoms with van der Waals surface area (Å²) < 4.78 is 86.0. The molecule has 0 bridgehead atoms. The first kappa shape index (κ1) is 23.9. The Morgan fingerprint density at radius 2 is 1.62 bits per heavy atom. The van der Waals surface area contributed by atoms with Crippen molar-refractivity contribution in [2.45, 2.75) is 50.2 Å². The predicted molar refractivity (Wildman–Crippen MR) is 110 cm³/mol. The molecule has 11 heteroatoms. The Bertz CT molecular complexity index is 1190. The summed E-state index contributed by atoms with van der Waals surface area (Å²) in [5.74, 6) is 0.242. The number of nitrogens with zero attached hydrogens (tertiary/aromatic N) is 1. The highest BCUT2D eigenvalue weighted by Gasteiger charge is 2.71. The van der Waals surface area contributed by atoms with Crippen LogP contribution in [0.25, 0.3) is 11.5 Å². The molecule has 5 nitrogen and oxygen atoms in total. The SMILES string of the molecule is Cc1oc(-c2ccc(O)cc2)nc1CC1c2cc(C(O)(C(F)(F)F)C(F)(F)F)ccc2NC1C. The van der Waals surface area contributed by atoms with Crippen LogP contribution in [0.2, 0.25) is 0 Å². The van der Waals surface area contributed by atoms with Gasteiger partial charge in [-0.25, -0.2) is 4.98 Å². The van der Waals surface area contributed by atoms with Gasteiger partial charge in [-0.3, -0.25) is 0 Å². The first-order chi connectivity index (χ1) is 15.7. The van der Waals surface area contributed by atoms with Crippen molar-refractivity contribution in [2.75, 3.05) is 5.32 Å². The van der Waals surface area contributed by atoms with Crippen LogP contribution in [-0.2, 0) is 12.0 Å². The minimum Gasteiger partial charge on any atom is -0.508 e. The van der Waals surface area contributed by atoms with Gasteiger partial charge < -0.3 is 19.9 Å². The Kier molecular flexibility index (Phi) is 5.58. The standard InChI is InChI=1S/C23H20F6N2O3/c1-11-16(10-19-12(2)34-20(31-19)13-3-6-15(32)7-4-13)17-9-14(5-8-18(17)30-11)21(33,22(24,25)26)23(27,28)29/h3-9,11,16,30,32-33H,10H2,1-2H3. The molecule has 0 fully saturated rings. The molecule has 34 heavy (non-hydrogen) atoms. The lowest BCUT2D eigenvalue weighted by molar-refractivity contribution is -0.376. The molecule has 2 aromatic carbocycles. The summed E-state index contributed by atoms with van der Waals surface area (Å²) in [6, 6.07) is 8.28. The Labute approximate surface area is 190 Å². The molecule has 1 aliphatic rings. The molecule has 0 aliphatic carbocycles. The Morgan fingerprint density at radius 3 is 2.21 bits per heavy atom. The Hall–Kier alpha value is -3.21. The molecule has 0 spiro atoms. The highest BCUT2D eigenvalue weighted by Crippen LogP contribution is 2.51. The number of rotatable bonds is 4. The van der Waals surface area contributed by atoms with Gasteiger partial charge in [-0.2, -0.15) is 26.3 Å². The maximum atomic E-state index is 13.4. The van der Waals surface area contributed by atoms with Crippen LogP contribution in [0.1, 0.15) is 35.4 Å². The van der Waals surface area contributed by atoms with E-state index in [1.165, 1.54) is 12.1 Å². The number of phenolic OH excluding ortho intramolecular Hbond substituents is 1. The quantitative estimate of drug-likeness (QED) is 0.406. The van der Waals surface area contributed by atoms with Gasteiger partial charge in [-0.1, -0.05) is 6.07 Å². The molecular formula is C23H20F6N2O3. The van der Waals surface area contributed by atoms with Gasteiger partial charge in [0.05, 0.1) is 5.69 Å². The van der Waals surface area contributed by atoms with Crippen molar-refractivity contribution in [2.24, 2.45) is 0 Å². The van der Waals surface area contributed by atoms with Crippen molar-refractivity contribution in [1.29, 1.82) is 0 Å². The highest BCUT2D eigenvalue weighted by atomic mass is 19.4. The Balaban J connectivity index is 1.71. The third kappa shape index (κ3) is 3.87. The molecule has 1 aliphatic heterocycles. The van der Waals surface area contributed by atoms with E-state index >= 15 is 0 Å². The number of aromatic hydroxyl groups is 1. The van der Waals surface area contributed by atoms with Crippen LogP contribution >= 0.6 is 0 Å². The second kappa shape index (κ2) is 7.93. The number of hydrogen-bond donors (Lipinski definition) is 3. The molecule has 0 saturated heterocycles. The smallest absolute Gasteiger partial charge is 0.430 e. The average Bonchev–Trinajstić information content (AvgIpc) is 3.25. The summed E-state index contributed by atoms with van der Waals surface area (Å²) in [5, 5.41) is 22.3. The van der Waals surface area contributed by atoms with Crippen LogP contribution in [0.5, 0.6) is 5.75 Å². The van der Waals surface area contributed by atoms with Crippen LogP contribution < -0.4 is 5.32 Å². The number of alkyl halides is 6. The number of fused-ring (bicyclic) bond motifs is 1. The number of benzene rings is 2. The van der Waals surface area contributed by atoms with E-state index in [0.717, 1.165) is 12.1 Å². The number of aryl methyl sites for hydroxylation is 1. The number of oxazole rings is 1. The van der Waals surface area contributed by atoms with Crippen molar-refractivity contribution in [3.63, 3.8) is 0 Å². The molecular weight excluding hydrogens is 466 g/mol. The minimum atomic E-state index is -5.96. The monoisotopic (exact) mass is 486 g/mol. The first-order valence-electron chi connectivity index (χ1n) is 10.2. The molecule has 4 rings (SSSR count). The number of phenols is 1. The van der Waals surface area contributed by atoms with E-state index in [4.69, 9.17) is 4.42 Å². The van der Waals surface area contributed by atoms with Crippen LogP contribution in [0.3, 0.4) is 0 Å².